The zero-order chi connectivity index (χ0) is 12.4. The van der Waals surface area contributed by atoms with E-state index < -0.39 is 15.3 Å². The molecule has 1 atom stereocenters. The van der Waals surface area contributed by atoms with Gasteiger partial charge in [0.15, 0.2) is 0 Å². The average Bonchev–Trinajstić information content (AvgIpc) is 2.73. The lowest BCUT2D eigenvalue weighted by Gasteiger charge is -2.27. The minimum absolute atomic E-state index is 0.196. The number of sulfonamides is 1. The molecule has 0 bridgehead atoms. The van der Waals surface area contributed by atoms with E-state index in [2.05, 4.69) is 13.8 Å². The van der Waals surface area contributed by atoms with Crippen LogP contribution in [0.25, 0.3) is 0 Å². The lowest BCUT2D eigenvalue weighted by atomic mass is 9.82. The summed E-state index contributed by atoms with van der Waals surface area (Å²) in [6.07, 6.45) is 3.08. The van der Waals surface area contributed by atoms with Crippen molar-refractivity contribution in [3.8, 4) is 0 Å². The fraction of sp³-hybridized carbons (Fsp3) is 1.00. The van der Waals surface area contributed by atoms with E-state index >= 15 is 0 Å². The Bertz CT molecular complexity index is 323. The minimum Gasteiger partial charge on any atom is -0.329 e. The van der Waals surface area contributed by atoms with Crippen molar-refractivity contribution in [2.24, 2.45) is 11.1 Å². The Morgan fingerprint density at radius 3 is 2.31 bits per heavy atom. The largest absolute Gasteiger partial charge is 0.329 e. The van der Waals surface area contributed by atoms with E-state index in [1.165, 1.54) is 0 Å². The second kappa shape index (κ2) is 5.02. The third-order valence-corrected chi connectivity index (χ3v) is 6.34. The normalized spacial score (nSPS) is 23.5. The zero-order valence-corrected chi connectivity index (χ0v) is 11.4. The standard InChI is InChI=1S/C11H24N2O2S/c1-4-11(5-2)6-7-13(9-11)16(14,15)10(3)8-12/h10H,4-9,12H2,1-3H3. The molecule has 1 rings (SSSR count). The van der Waals surface area contributed by atoms with E-state index in [1.807, 2.05) is 0 Å². The molecule has 2 N–H and O–H groups in total. The predicted octanol–water partition coefficient (Wildman–Crippen LogP) is 1.18. The Morgan fingerprint density at radius 1 is 1.38 bits per heavy atom. The zero-order valence-electron chi connectivity index (χ0n) is 10.6. The molecule has 1 aliphatic rings. The van der Waals surface area contributed by atoms with Crippen LogP contribution in [-0.2, 0) is 10.0 Å². The van der Waals surface area contributed by atoms with Gasteiger partial charge in [-0.3, -0.25) is 0 Å². The topological polar surface area (TPSA) is 63.4 Å². The molecule has 96 valence electrons. The molecule has 1 heterocycles. The average molecular weight is 248 g/mol. The van der Waals surface area contributed by atoms with Crippen LogP contribution in [-0.4, -0.2) is 37.6 Å². The van der Waals surface area contributed by atoms with Gasteiger partial charge in [-0.25, -0.2) is 12.7 Å². The van der Waals surface area contributed by atoms with Crippen molar-refractivity contribution < 1.29 is 8.42 Å². The summed E-state index contributed by atoms with van der Waals surface area (Å²) >= 11 is 0. The van der Waals surface area contributed by atoms with Crippen LogP contribution in [0.5, 0.6) is 0 Å². The maximum absolute atomic E-state index is 12.1. The van der Waals surface area contributed by atoms with Crippen LogP contribution in [0.2, 0.25) is 0 Å². The Hall–Kier alpha value is -0.130. The first-order chi connectivity index (χ1) is 7.41. The summed E-state index contributed by atoms with van der Waals surface area (Å²) in [5, 5.41) is -0.461. The first kappa shape index (κ1) is 13.9. The van der Waals surface area contributed by atoms with Crippen molar-refractivity contribution in [1.29, 1.82) is 0 Å². The quantitative estimate of drug-likeness (QED) is 0.794. The molecule has 0 aromatic rings. The summed E-state index contributed by atoms with van der Waals surface area (Å²) < 4.78 is 25.9. The smallest absolute Gasteiger partial charge is 0.217 e. The van der Waals surface area contributed by atoms with Crippen molar-refractivity contribution in [2.45, 2.75) is 45.3 Å². The molecular formula is C11H24N2O2S. The molecule has 1 unspecified atom stereocenters. The van der Waals surface area contributed by atoms with Crippen LogP contribution < -0.4 is 5.73 Å². The summed E-state index contributed by atoms with van der Waals surface area (Å²) in [5.41, 5.74) is 5.65. The fourth-order valence-electron chi connectivity index (χ4n) is 2.31. The molecule has 5 heteroatoms. The number of hydrogen-bond acceptors (Lipinski definition) is 3. The molecule has 0 amide bonds. The van der Waals surface area contributed by atoms with Gasteiger partial charge in [0.2, 0.25) is 10.0 Å². The fourth-order valence-corrected chi connectivity index (χ4v) is 3.87. The summed E-state index contributed by atoms with van der Waals surface area (Å²) in [6, 6.07) is 0. The summed E-state index contributed by atoms with van der Waals surface area (Å²) in [7, 11) is -3.17. The Kier molecular flexibility index (Phi) is 4.37. The van der Waals surface area contributed by atoms with Gasteiger partial charge in [0.05, 0.1) is 5.25 Å². The summed E-state index contributed by atoms with van der Waals surface area (Å²) in [5.74, 6) is 0. The highest BCUT2D eigenvalue weighted by Crippen LogP contribution is 2.38. The highest BCUT2D eigenvalue weighted by molar-refractivity contribution is 7.89. The second-order valence-corrected chi connectivity index (χ2v) is 7.23. The lowest BCUT2D eigenvalue weighted by Crippen LogP contribution is -2.40. The summed E-state index contributed by atoms with van der Waals surface area (Å²) in [6.45, 7) is 7.51. The van der Waals surface area contributed by atoms with Gasteiger partial charge in [-0.05, 0) is 31.6 Å². The maximum Gasteiger partial charge on any atom is 0.217 e. The number of nitrogens with two attached hydrogens (primary N) is 1. The molecular weight excluding hydrogens is 224 g/mol. The second-order valence-electron chi connectivity index (χ2n) is 4.88. The van der Waals surface area contributed by atoms with Gasteiger partial charge in [-0.2, -0.15) is 0 Å². The van der Waals surface area contributed by atoms with Crippen molar-refractivity contribution in [1.82, 2.24) is 4.31 Å². The van der Waals surface area contributed by atoms with Crippen LogP contribution in [0.4, 0.5) is 0 Å². The van der Waals surface area contributed by atoms with Crippen molar-refractivity contribution in [3.63, 3.8) is 0 Å². The molecule has 1 saturated heterocycles. The predicted molar refractivity (Wildman–Crippen MR) is 66.6 cm³/mol. The van der Waals surface area contributed by atoms with Gasteiger partial charge in [0, 0.05) is 19.6 Å². The number of rotatable bonds is 5. The van der Waals surface area contributed by atoms with Crippen molar-refractivity contribution in [2.75, 3.05) is 19.6 Å². The van der Waals surface area contributed by atoms with Crippen LogP contribution in [0.3, 0.4) is 0 Å². The molecule has 1 aliphatic heterocycles. The molecule has 0 spiro atoms. The van der Waals surface area contributed by atoms with Gasteiger partial charge < -0.3 is 5.73 Å². The Morgan fingerprint density at radius 2 is 1.94 bits per heavy atom. The Labute approximate surface area is 99.2 Å². The van der Waals surface area contributed by atoms with Crippen LogP contribution >= 0.6 is 0 Å². The Balaban J connectivity index is 2.80. The van der Waals surface area contributed by atoms with Gasteiger partial charge in [-0.1, -0.05) is 13.8 Å². The highest BCUT2D eigenvalue weighted by Gasteiger charge is 2.41. The van der Waals surface area contributed by atoms with Gasteiger partial charge in [-0.15, -0.1) is 0 Å². The van der Waals surface area contributed by atoms with Crippen LogP contribution in [0.1, 0.15) is 40.0 Å². The van der Waals surface area contributed by atoms with E-state index in [4.69, 9.17) is 5.73 Å². The van der Waals surface area contributed by atoms with E-state index in [0.717, 1.165) is 19.3 Å². The van der Waals surface area contributed by atoms with Gasteiger partial charge in [0.1, 0.15) is 0 Å². The minimum atomic E-state index is -3.17. The molecule has 1 fully saturated rings. The number of hydrogen-bond donors (Lipinski definition) is 1. The van der Waals surface area contributed by atoms with Crippen LogP contribution in [0.15, 0.2) is 0 Å². The SMILES string of the molecule is CCC1(CC)CCN(S(=O)(=O)C(C)CN)C1. The molecule has 0 saturated carbocycles. The third kappa shape index (κ3) is 2.41. The molecule has 0 aliphatic carbocycles. The third-order valence-electron chi connectivity index (χ3n) is 4.10. The van der Waals surface area contributed by atoms with Gasteiger partial charge in [0.25, 0.3) is 0 Å². The van der Waals surface area contributed by atoms with E-state index in [-0.39, 0.29) is 12.0 Å². The maximum atomic E-state index is 12.1. The number of nitrogens with zero attached hydrogens (tertiary/aromatic N) is 1. The summed E-state index contributed by atoms with van der Waals surface area (Å²) in [4.78, 5) is 0. The van der Waals surface area contributed by atoms with E-state index in [9.17, 15) is 8.42 Å². The van der Waals surface area contributed by atoms with E-state index in [1.54, 1.807) is 11.2 Å². The first-order valence-electron chi connectivity index (χ1n) is 6.11. The van der Waals surface area contributed by atoms with Crippen LogP contribution in [0, 0.1) is 5.41 Å². The molecule has 16 heavy (non-hydrogen) atoms. The molecule has 0 aromatic heterocycles. The first-order valence-corrected chi connectivity index (χ1v) is 7.61. The van der Waals surface area contributed by atoms with E-state index in [0.29, 0.717) is 13.1 Å². The highest BCUT2D eigenvalue weighted by atomic mass is 32.2. The monoisotopic (exact) mass is 248 g/mol. The van der Waals surface area contributed by atoms with Crippen molar-refractivity contribution >= 4 is 10.0 Å². The lowest BCUT2D eigenvalue weighted by molar-refractivity contribution is 0.279. The molecule has 4 nitrogen and oxygen atoms in total. The van der Waals surface area contributed by atoms with Crippen molar-refractivity contribution in [3.05, 3.63) is 0 Å². The molecule has 0 aromatic carbocycles. The molecule has 0 radical (unpaired) electrons. The van der Waals surface area contributed by atoms with Gasteiger partial charge >= 0.3 is 0 Å².